The van der Waals surface area contributed by atoms with Crippen LogP contribution in [0.2, 0.25) is 0 Å². The molecule has 1 aliphatic heterocycles. The van der Waals surface area contributed by atoms with E-state index in [1.165, 1.54) is 0 Å². The number of nitrogens with zero attached hydrogens (tertiary/aromatic N) is 2. The van der Waals surface area contributed by atoms with Crippen LogP contribution in [0, 0.1) is 0 Å². The van der Waals surface area contributed by atoms with Crippen molar-refractivity contribution >= 4 is 5.91 Å². The molecule has 1 fully saturated rings. The van der Waals surface area contributed by atoms with Gasteiger partial charge in [0.2, 0.25) is 0 Å². The molecule has 0 radical (unpaired) electrons. The summed E-state index contributed by atoms with van der Waals surface area (Å²) in [5.41, 5.74) is 5.53. The zero-order valence-corrected chi connectivity index (χ0v) is 12.7. The van der Waals surface area contributed by atoms with E-state index in [0.717, 1.165) is 51.4 Å². The minimum atomic E-state index is -0.442. The maximum atomic E-state index is 12.4. The molecule has 5 nitrogen and oxygen atoms in total. The Bertz CT molecular complexity index is 430. The first-order valence-corrected chi connectivity index (χ1v) is 7.63. The van der Waals surface area contributed by atoms with Gasteiger partial charge < -0.3 is 15.4 Å². The maximum absolute atomic E-state index is 12.4. The van der Waals surface area contributed by atoms with Gasteiger partial charge in [0.1, 0.15) is 5.75 Å². The molecule has 0 aliphatic carbocycles. The lowest BCUT2D eigenvalue weighted by Gasteiger charge is -2.35. The van der Waals surface area contributed by atoms with Crippen molar-refractivity contribution in [2.75, 3.05) is 39.3 Å². The van der Waals surface area contributed by atoms with Crippen molar-refractivity contribution in [1.29, 1.82) is 0 Å². The summed E-state index contributed by atoms with van der Waals surface area (Å²) in [6.45, 7) is 6.94. The highest BCUT2D eigenvalue weighted by Gasteiger charge is 2.25. The lowest BCUT2D eigenvalue weighted by molar-refractivity contribution is -0.139. The van der Waals surface area contributed by atoms with Gasteiger partial charge in [-0.1, -0.05) is 18.2 Å². The highest BCUT2D eigenvalue weighted by atomic mass is 16.5. The first-order chi connectivity index (χ1) is 10.2. The number of ether oxygens (including phenoxy) is 1. The number of hydrogen-bond donors (Lipinski definition) is 1. The van der Waals surface area contributed by atoms with Crippen molar-refractivity contribution in [2.24, 2.45) is 5.73 Å². The van der Waals surface area contributed by atoms with Gasteiger partial charge in [-0.25, -0.2) is 0 Å². The summed E-state index contributed by atoms with van der Waals surface area (Å²) >= 11 is 0. The second-order valence-electron chi connectivity index (χ2n) is 5.38. The van der Waals surface area contributed by atoms with Crippen molar-refractivity contribution in [2.45, 2.75) is 19.4 Å². The number of rotatable bonds is 6. The maximum Gasteiger partial charge on any atom is 0.263 e. The molecule has 1 aromatic carbocycles. The van der Waals surface area contributed by atoms with E-state index in [2.05, 4.69) is 4.90 Å². The Morgan fingerprint density at radius 2 is 1.90 bits per heavy atom. The molecule has 1 unspecified atom stereocenters. The van der Waals surface area contributed by atoms with Crippen LogP contribution in [0.1, 0.15) is 13.3 Å². The summed E-state index contributed by atoms with van der Waals surface area (Å²) in [6.07, 6.45) is 0.574. The predicted octanol–water partition coefficient (Wildman–Crippen LogP) is 0.947. The van der Waals surface area contributed by atoms with Crippen LogP contribution < -0.4 is 10.5 Å². The smallest absolute Gasteiger partial charge is 0.263 e. The zero-order chi connectivity index (χ0) is 15.1. The number of para-hydroxylation sites is 1. The Morgan fingerprint density at radius 1 is 1.24 bits per heavy atom. The molecule has 1 atom stereocenters. The van der Waals surface area contributed by atoms with Crippen LogP contribution in [0.25, 0.3) is 0 Å². The van der Waals surface area contributed by atoms with Crippen LogP contribution in [0.15, 0.2) is 30.3 Å². The first-order valence-electron chi connectivity index (χ1n) is 7.63. The fourth-order valence-corrected chi connectivity index (χ4v) is 2.52. The van der Waals surface area contributed by atoms with Crippen LogP contribution in [0.4, 0.5) is 0 Å². The average Bonchev–Trinajstić information content (AvgIpc) is 2.53. The molecule has 21 heavy (non-hydrogen) atoms. The number of hydrogen-bond acceptors (Lipinski definition) is 4. The van der Waals surface area contributed by atoms with E-state index in [1.54, 1.807) is 0 Å². The van der Waals surface area contributed by atoms with E-state index < -0.39 is 6.10 Å². The average molecular weight is 291 g/mol. The number of carbonyl (C=O) groups excluding carboxylic acids is 1. The molecule has 0 spiro atoms. The van der Waals surface area contributed by atoms with Crippen LogP contribution in [0.3, 0.4) is 0 Å². The van der Waals surface area contributed by atoms with Gasteiger partial charge in [-0.15, -0.1) is 0 Å². The molecule has 1 aromatic rings. The lowest BCUT2D eigenvalue weighted by Crippen LogP contribution is -2.52. The van der Waals surface area contributed by atoms with E-state index in [-0.39, 0.29) is 5.91 Å². The molecular formula is C16H25N3O2. The first kappa shape index (κ1) is 15.8. The van der Waals surface area contributed by atoms with Crippen LogP contribution >= 0.6 is 0 Å². The van der Waals surface area contributed by atoms with Crippen molar-refractivity contribution in [3.63, 3.8) is 0 Å². The SMILES string of the molecule is CC(Oc1ccccc1)C(=O)N1CCN(CCCN)CC1. The van der Waals surface area contributed by atoms with Gasteiger partial charge in [0.15, 0.2) is 6.10 Å². The minimum Gasteiger partial charge on any atom is -0.481 e. The van der Waals surface area contributed by atoms with Crippen LogP contribution in [-0.4, -0.2) is 61.1 Å². The molecule has 2 rings (SSSR count). The fourth-order valence-electron chi connectivity index (χ4n) is 2.52. The van der Waals surface area contributed by atoms with Gasteiger partial charge in [-0.05, 0) is 38.6 Å². The second kappa shape index (κ2) is 8.00. The molecule has 1 saturated heterocycles. The Balaban J connectivity index is 1.78. The van der Waals surface area contributed by atoms with Crippen LogP contribution in [0.5, 0.6) is 5.75 Å². The predicted molar refractivity (Wildman–Crippen MR) is 83.2 cm³/mol. The largest absolute Gasteiger partial charge is 0.481 e. The van der Waals surface area contributed by atoms with Gasteiger partial charge >= 0.3 is 0 Å². The lowest BCUT2D eigenvalue weighted by atomic mass is 10.2. The third-order valence-electron chi connectivity index (χ3n) is 3.77. The van der Waals surface area contributed by atoms with Crippen molar-refractivity contribution in [3.8, 4) is 5.75 Å². The topological polar surface area (TPSA) is 58.8 Å². The summed E-state index contributed by atoms with van der Waals surface area (Å²) in [4.78, 5) is 16.6. The molecule has 1 aliphatic rings. The Hall–Kier alpha value is -1.59. The van der Waals surface area contributed by atoms with Gasteiger partial charge in [0.25, 0.3) is 5.91 Å². The van der Waals surface area contributed by atoms with Crippen molar-refractivity contribution < 1.29 is 9.53 Å². The summed E-state index contributed by atoms with van der Waals surface area (Å²) in [5.74, 6) is 0.803. The van der Waals surface area contributed by atoms with E-state index in [0.29, 0.717) is 0 Å². The molecule has 1 heterocycles. The molecule has 2 N–H and O–H groups in total. The quantitative estimate of drug-likeness (QED) is 0.848. The standard InChI is InChI=1S/C16H25N3O2/c1-14(21-15-6-3-2-4-7-15)16(20)19-12-10-18(11-13-19)9-5-8-17/h2-4,6-7,14H,5,8-13,17H2,1H3. The van der Waals surface area contributed by atoms with E-state index >= 15 is 0 Å². The number of nitrogens with two attached hydrogens (primary N) is 1. The summed E-state index contributed by atoms with van der Waals surface area (Å²) in [6, 6.07) is 9.48. The molecule has 0 saturated carbocycles. The molecule has 5 heteroatoms. The van der Waals surface area contributed by atoms with Crippen molar-refractivity contribution in [1.82, 2.24) is 9.80 Å². The van der Waals surface area contributed by atoms with E-state index in [9.17, 15) is 4.79 Å². The van der Waals surface area contributed by atoms with Gasteiger partial charge in [0, 0.05) is 26.2 Å². The number of amides is 1. The summed E-state index contributed by atoms with van der Waals surface area (Å²) < 4.78 is 5.70. The number of piperazine rings is 1. The molecular weight excluding hydrogens is 266 g/mol. The minimum absolute atomic E-state index is 0.0670. The van der Waals surface area contributed by atoms with E-state index in [1.807, 2.05) is 42.2 Å². The summed E-state index contributed by atoms with van der Waals surface area (Å²) in [7, 11) is 0. The fraction of sp³-hybridized carbons (Fsp3) is 0.562. The van der Waals surface area contributed by atoms with Gasteiger partial charge in [-0.3, -0.25) is 9.69 Å². The summed E-state index contributed by atoms with van der Waals surface area (Å²) in [5, 5.41) is 0. The highest BCUT2D eigenvalue weighted by Crippen LogP contribution is 2.13. The molecule has 0 aromatic heterocycles. The number of benzene rings is 1. The zero-order valence-electron chi connectivity index (χ0n) is 12.7. The van der Waals surface area contributed by atoms with Crippen LogP contribution in [-0.2, 0) is 4.79 Å². The second-order valence-corrected chi connectivity index (χ2v) is 5.38. The monoisotopic (exact) mass is 291 g/mol. The Kier molecular flexibility index (Phi) is 6.02. The Morgan fingerprint density at radius 3 is 2.52 bits per heavy atom. The number of carbonyl (C=O) groups is 1. The van der Waals surface area contributed by atoms with Crippen molar-refractivity contribution in [3.05, 3.63) is 30.3 Å². The third-order valence-corrected chi connectivity index (χ3v) is 3.77. The van der Waals surface area contributed by atoms with Gasteiger partial charge in [0.05, 0.1) is 0 Å². The Labute approximate surface area is 126 Å². The molecule has 116 valence electrons. The normalized spacial score (nSPS) is 17.5. The molecule has 1 amide bonds. The third kappa shape index (κ3) is 4.72. The van der Waals surface area contributed by atoms with E-state index in [4.69, 9.17) is 10.5 Å². The van der Waals surface area contributed by atoms with Gasteiger partial charge in [-0.2, -0.15) is 0 Å². The molecule has 0 bridgehead atoms. The highest BCUT2D eigenvalue weighted by molar-refractivity contribution is 5.81.